The van der Waals surface area contributed by atoms with Gasteiger partial charge in [-0.15, -0.1) is 0 Å². The Labute approximate surface area is 92.4 Å². The molecule has 0 aromatic rings. The lowest BCUT2D eigenvalue weighted by Crippen LogP contribution is -2.44. The van der Waals surface area contributed by atoms with Crippen molar-refractivity contribution in [3.05, 3.63) is 0 Å². The van der Waals surface area contributed by atoms with E-state index in [2.05, 4.69) is 13.8 Å². The number of rotatable bonds is 2. The molecule has 0 aliphatic heterocycles. The molecular formula is C13H22O2. The van der Waals surface area contributed by atoms with E-state index in [1.807, 2.05) is 0 Å². The first kappa shape index (κ1) is 11.0. The quantitative estimate of drug-likeness (QED) is 0.655. The first-order valence-corrected chi connectivity index (χ1v) is 6.14. The molecule has 0 amide bonds. The van der Waals surface area contributed by atoms with Crippen LogP contribution in [0.3, 0.4) is 0 Å². The summed E-state index contributed by atoms with van der Waals surface area (Å²) in [4.78, 5) is 11.8. The molecule has 0 radical (unpaired) electrons. The van der Waals surface area contributed by atoms with Crippen molar-refractivity contribution >= 4 is 5.97 Å². The summed E-state index contributed by atoms with van der Waals surface area (Å²) in [5, 5.41) is 0. The second-order valence-electron chi connectivity index (χ2n) is 5.84. The molecule has 3 fully saturated rings. The normalized spacial score (nSPS) is 35.3. The van der Waals surface area contributed by atoms with Crippen LogP contribution in [0.15, 0.2) is 0 Å². The Balaban J connectivity index is 2.13. The zero-order valence-corrected chi connectivity index (χ0v) is 10.1. The summed E-state index contributed by atoms with van der Waals surface area (Å²) in [6.45, 7) is 4.12. The SMILES string of the molecule is COC(=O)C(C)(C)C1CC2CCC1CC2. The highest BCUT2D eigenvalue weighted by Crippen LogP contribution is 2.51. The fraction of sp³-hybridized carbons (Fsp3) is 0.923. The highest BCUT2D eigenvalue weighted by atomic mass is 16.5. The number of esters is 1. The standard InChI is InChI=1S/C13H22O2/c1-13(2,12(14)15-3)11-8-9-4-6-10(11)7-5-9/h9-11H,4-8H2,1-3H3. The topological polar surface area (TPSA) is 26.3 Å². The summed E-state index contributed by atoms with van der Waals surface area (Å²) < 4.78 is 4.94. The highest BCUT2D eigenvalue weighted by Gasteiger charge is 2.47. The average Bonchev–Trinajstić information content (AvgIpc) is 2.29. The lowest BCUT2D eigenvalue weighted by atomic mass is 9.57. The predicted octanol–water partition coefficient (Wildman–Crippen LogP) is 3.01. The van der Waals surface area contributed by atoms with Crippen LogP contribution in [0.2, 0.25) is 0 Å². The molecule has 1 unspecified atom stereocenters. The zero-order chi connectivity index (χ0) is 11.1. The van der Waals surface area contributed by atoms with Crippen molar-refractivity contribution in [1.29, 1.82) is 0 Å². The predicted molar refractivity (Wildman–Crippen MR) is 59.4 cm³/mol. The molecule has 1 atom stereocenters. The number of hydrogen-bond acceptors (Lipinski definition) is 2. The molecule has 2 heteroatoms. The largest absolute Gasteiger partial charge is 0.469 e. The minimum absolute atomic E-state index is 0.0277. The van der Waals surface area contributed by atoms with Gasteiger partial charge in [0, 0.05) is 0 Å². The molecule has 86 valence electrons. The van der Waals surface area contributed by atoms with Gasteiger partial charge in [-0.25, -0.2) is 0 Å². The summed E-state index contributed by atoms with van der Waals surface area (Å²) in [5.41, 5.74) is -0.279. The molecule has 3 rings (SSSR count). The molecule has 2 bridgehead atoms. The van der Waals surface area contributed by atoms with Crippen molar-refractivity contribution in [1.82, 2.24) is 0 Å². The number of fused-ring (bicyclic) bond motifs is 3. The minimum Gasteiger partial charge on any atom is -0.469 e. The van der Waals surface area contributed by atoms with Gasteiger partial charge in [-0.2, -0.15) is 0 Å². The van der Waals surface area contributed by atoms with Gasteiger partial charge in [0.05, 0.1) is 12.5 Å². The van der Waals surface area contributed by atoms with Crippen molar-refractivity contribution in [3.8, 4) is 0 Å². The maximum Gasteiger partial charge on any atom is 0.311 e. The van der Waals surface area contributed by atoms with Gasteiger partial charge in [-0.3, -0.25) is 4.79 Å². The lowest BCUT2D eigenvalue weighted by molar-refractivity contribution is -0.158. The fourth-order valence-corrected chi connectivity index (χ4v) is 3.68. The Hall–Kier alpha value is -0.530. The molecule has 0 aromatic heterocycles. The highest BCUT2D eigenvalue weighted by molar-refractivity contribution is 5.76. The van der Waals surface area contributed by atoms with E-state index in [1.165, 1.54) is 39.2 Å². The summed E-state index contributed by atoms with van der Waals surface area (Å²) in [6.07, 6.45) is 6.68. The fourth-order valence-electron chi connectivity index (χ4n) is 3.68. The van der Waals surface area contributed by atoms with Gasteiger partial charge in [0.25, 0.3) is 0 Å². The monoisotopic (exact) mass is 210 g/mol. The van der Waals surface area contributed by atoms with Gasteiger partial charge in [0.1, 0.15) is 0 Å². The van der Waals surface area contributed by atoms with E-state index in [9.17, 15) is 4.79 Å². The molecule has 3 aliphatic rings. The number of carbonyl (C=O) groups is 1. The number of methoxy groups -OCH3 is 1. The minimum atomic E-state index is -0.279. The van der Waals surface area contributed by atoms with Crippen LogP contribution in [0, 0.1) is 23.2 Å². The van der Waals surface area contributed by atoms with Gasteiger partial charge in [0.2, 0.25) is 0 Å². The summed E-state index contributed by atoms with van der Waals surface area (Å²) >= 11 is 0. The molecule has 0 saturated heterocycles. The maximum atomic E-state index is 11.8. The summed E-state index contributed by atoms with van der Waals surface area (Å²) in [7, 11) is 1.51. The smallest absolute Gasteiger partial charge is 0.311 e. The zero-order valence-electron chi connectivity index (χ0n) is 10.1. The Kier molecular flexibility index (Phi) is 2.78. The molecule has 0 N–H and O–H groups in total. The van der Waals surface area contributed by atoms with E-state index in [1.54, 1.807) is 0 Å². The molecule has 3 saturated carbocycles. The molecule has 0 aromatic carbocycles. The Bertz CT molecular complexity index is 249. The molecule has 15 heavy (non-hydrogen) atoms. The van der Waals surface area contributed by atoms with Crippen LogP contribution in [0.4, 0.5) is 0 Å². The van der Waals surface area contributed by atoms with Gasteiger partial charge in [-0.1, -0.05) is 12.8 Å². The van der Waals surface area contributed by atoms with E-state index in [4.69, 9.17) is 4.74 Å². The number of carbonyl (C=O) groups excluding carboxylic acids is 1. The summed E-state index contributed by atoms with van der Waals surface area (Å²) in [5.74, 6) is 2.17. The van der Waals surface area contributed by atoms with E-state index in [-0.39, 0.29) is 11.4 Å². The first-order chi connectivity index (χ1) is 7.05. The van der Waals surface area contributed by atoms with E-state index >= 15 is 0 Å². The number of hydrogen-bond donors (Lipinski definition) is 0. The summed E-state index contributed by atoms with van der Waals surface area (Å²) in [6, 6.07) is 0. The Morgan fingerprint density at radius 3 is 2.20 bits per heavy atom. The third-order valence-corrected chi connectivity index (χ3v) is 4.69. The molecular weight excluding hydrogens is 188 g/mol. The van der Waals surface area contributed by atoms with E-state index in [0.29, 0.717) is 5.92 Å². The van der Waals surface area contributed by atoms with Gasteiger partial charge >= 0.3 is 5.97 Å². The number of ether oxygens (including phenoxy) is 1. The van der Waals surface area contributed by atoms with Crippen LogP contribution >= 0.6 is 0 Å². The van der Waals surface area contributed by atoms with Crippen molar-refractivity contribution in [2.24, 2.45) is 23.2 Å². The van der Waals surface area contributed by atoms with E-state index < -0.39 is 0 Å². The third kappa shape index (κ3) is 1.79. The second kappa shape index (κ2) is 3.80. The molecule has 0 spiro atoms. The lowest BCUT2D eigenvalue weighted by Gasteiger charge is -2.48. The van der Waals surface area contributed by atoms with E-state index in [0.717, 1.165) is 11.8 Å². The van der Waals surface area contributed by atoms with Gasteiger partial charge in [0.15, 0.2) is 0 Å². The van der Waals surface area contributed by atoms with Crippen LogP contribution in [-0.4, -0.2) is 13.1 Å². The van der Waals surface area contributed by atoms with Crippen LogP contribution in [-0.2, 0) is 9.53 Å². The van der Waals surface area contributed by atoms with Crippen LogP contribution in [0.25, 0.3) is 0 Å². The van der Waals surface area contributed by atoms with Crippen LogP contribution < -0.4 is 0 Å². The second-order valence-corrected chi connectivity index (χ2v) is 5.84. The van der Waals surface area contributed by atoms with Gasteiger partial charge in [-0.05, 0) is 50.9 Å². The van der Waals surface area contributed by atoms with Gasteiger partial charge < -0.3 is 4.74 Å². The molecule has 0 heterocycles. The van der Waals surface area contributed by atoms with Crippen LogP contribution in [0.5, 0.6) is 0 Å². The Morgan fingerprint density at radius 2 is 1.80 bits per heavy atom. The molecule has 3 aliphatic carbocycles. The third-order valence-electron chi connectivity index (χ3n) is 4.69. The van der Waals surface area contributed by atoms with Crippen molar-refractivity contribution in [2.45, 2.75) is 46.0 Å². The van der Waals surface area contributed by atoms with Crippen LogP contribution in [0.1, 0.15) is 46.0 Å². The maximum absolute atomic E-state index is 11.8. The first-order valence-electron chi connectivity index (χ1n) is 6.14. The van der Waals surface area contributed by atoms with Crippen molar-refractivity contribution in [2.75, 3.05) is 7.11 Å². The van der Waals surface area contributed by atoms with Crippen molar-refractivity contribution in [3.63, 3.8) is 0 Å². The van der Waals surface area contributed by atoms with Crippen molar-refractivity contribution < 1.29 is 9.53 Å². The molecule has 2 nitrogen and oxygen atoms in total. The average molecular weight is 210 g/mol. The Morgan fingerprint density at radius 1 is 1.20 bits per heavy atom.